The predicted molar refractivity (Wildman–Crippen MR) is 52.8 cm³/mol. The summed E-state index contributed by atoms with van der Waals surface area (Å²) in [6, 6.07) is 2.92. The summed E-state index contributed by atoms with van der Waals surface area (Å²) in [7, 11) is -0.242. The highest BCUT2D eigenvalue weighted by molar-refractivity contribution is 6.60. The number of halogens is 2. The molecule has 0 aliphatic rings. The molecule has 70 valence electrons. The quantitative estimate of drug-likeness (QED) is 0.721. The third-order valence-electron chi connectivity index (χ3n) is 1.56. The fourth-order valence-corrected chi connectivity index (χ4v) is 1.36. The molecule has 2 N–H and O–H groups in total. The molecule has 0 radical (unpaired) electrons. The minimum atomic E-state index is -1.62. The van der Waals surface area contributed by atoms with Crippen LogP contribution in [0.3, 0.4) is 0 Å². The smallest absolute Gasteiger partial charge is 0.492 e. The molecule has 0 aliphatic carbocycles. The number of methoxy groups -OCH3 is 1. The van der Waals surface area contributed by atoms with Crippen LogP contribution in [0.4, 0.5) is 0 Å². The van der Waals surface area contributed by atoms with Crippen LogP contribution >= 0.6 is 23.2 Å². The maximum atomic E-state index is 8.92. The van der Waals surface area contributed by atoms with E-state index in [-0.39, 0.29) is 16.2 Å². The van der Waals surface area contributed by atoms with E-state index in [9.17, 15) is 0 Å². The Bertz CT molecular complexity index is 317. The van der Waals surface area contributed by atoms with E-state index in [0.717, 1.165) is 0 Å². The van der Waals surface area contributed by atoms with Crippen LogP contribution in [0.25, 0.3) is 0 Å². The highest BCUT2D eigenvalue weighted by Crippen LogP contribution is 2.29. The zero-order valence-corrected chi connectivity index (χ0v) is 8.30. The Morgan fingerprint density at radius 2 is 1.92 bits per heavy atom. The van der Waals surface area contributed by atoms with E-state index in [1.165, 1.54) is 19.2 Å². The third kappa shape index (κ3) is 2.09. The van der Waals surface area contributed by atoms with Gasteiger partial charge in [-0.15, -0.1) is 0 Å². The molecule has 1 aromatic carbocycles. The lowest BCUT2D eigenvalue weighted by Gasteiger charge is -2.09. The Hall–Kier alpha value is -0.415. The Balaban J connectivity index is 3.30. The molecule has 0 aliphatic heterocycles. The minimum Gasteiger partial charge on any atom is -0.495 e. The largest absolute Gasteiger partial charge is 0.495 e. The molecule has 0 unspecified atom stereocenters. The molecule has 0 atom stereocenters. The lowest BCUT2D eigenvalue weighted by Crippen LogP contribution is -2.31. The molecule has 0 bridgehead atoms. The SMILES string of the molecule is COc1c(B(O)O)ccc(Cl)c1Cl. The Labute approximate surface area is 86.0 Å². The fourth-order valence-electron chi connectivity index (χ4n) is 0.958. The number of hydrogen-bond acceptors (Lipinski definition) is 3. The van der Waals surface area contributed by atoms with Gasteiger partial charge in [0.1, 0.15) is 10.8 Å². The molecule has 0 saturated carbocycles. The van der Waals surface area contributed by atoms with Crippen molar-refractivity contribution in [3.05, 3.63) is 22.2 Å². The van der Waals surface area contributed by atoms with Gasteiger partial charge >= 0.3 is 7.12 Å². The molecule has 1 rings (SSSR count). The van der Waals surface area contributed by atoms with Gasteiger partial charge < -0.3 is 14.8 Å². The highest BCUT2D eigenvalue weighted by atomic mass is 35.5. The van der Waals surface area contributed by atoms with Crippen LogP contribution in [0, 0.1) is 0 Å². The number of hydrogen-bond donors (Lipinski definition) is 2. The molecular formula is C7H7BCl2O3. The first kappa shape index (κ1) is 10.7. The van der Waals surface area contributed by atoms with E-state index in [2.05, 4.69) is 0 Å². The lowest BCUT2D eigenvalue weighted by atomic mass is 9.79. The molecular weight excluding hydrogens is 214 g/mol. The van der Waals surface area contributed by atoms with Gasteiger partial charge in [0.15, 0.2) is 0 Å². The summed E-state index contributed by atoms with van der Waals surface area (Å²) >= 11 is 11.5. The van der Waals surface area contributed by atoms with Gasteiger partial charge in [-0.25, -0.2) is 0 Å². The van der Waals surface area contributed by atoms with Crippen molar-refractivity contribution >= 4 is 35.8 Å². The number of rotatable bonds is 2. The number of ether oxygens (including phenoxy) is 1. The maximum Gasteiger partial charge on any atom is 0.492 e. The van der Waals surface area contributed by atoms with E-state index < -0.39 is 7.12 Å². The first-order chi connectivity index (χ1) is 6.07. The first-order valence-corrected chi connectivity index (χ1v) is 4.21. The summed E-state index contributed by atoms with van der Waals surface area (Å²) in [5.41, 5.74) is 0.192. The van der Waals surface area contributed by atoms with Crippen molar-refractivity contribution in [2.75, 3.05) is 7.11 Å². The van der Waals surface area contributed by atoms with E-state index >= 15 is 0 Å². The third-order valence-corrected chi connectivity index (χ3v) is 2.35. The number of benzene rings is 1. The second-order valence-corrected chi connectivity index (χ2v) is 3.14. The summed E-state index contributed by atoms with van der Waals surface area (Å²) in [5, 5.41) is 18.3. The van der Waals surface area contributed by atoms with Gasteiger partial charge in [-0.1, -0.05) is 29.3 Å². The Kier molecular flexibility index (Phi) is 3.44. The second-order valence-electron chi connectivity index (χ2n) is 2.36. The Morgan fingerprint density at radius 1 is 1.31 bits per heavy atom. The molecule has 0 heterocycles. The summed E-state index contributed by atoms with van der Waals surface area (Å²) < 4.78 is 4.88. The van der Waals surface area contributed by atoms with Gasteiger partial charge in [0.25, 0.3) is 0 Å². The van der Waals surface area contributed by atoms with Crippen molar-refractivity contribution in [1.82, 2.24) is 0 Å². The fraction of sp³-hybridized carbons (Fsp3) is 0.143. The van der Waals surface area contributed by atoms with Crippen molar-refractivity contribution in [1.29, 1.82) is 0 Å². The normalized spacial score (nSPS) is 9.92. The van der Waals surface area contributed by atoms with E-state index in [1.807, 2.05) is 0 Å². The van der Waals surface area contributed by atoms with E-state index in [1.54, 1.807) is 0 Å². The van der Waals surface area contributed by atoms with Gasteiger partial charge in [0, 0.05) is 5.46 Å². The highest BCUT2D eigenvalue weighted by Gasteiger charge is 2.20. The average molecular weight is 221 g/mol. The van der Waals surface area contributed by atoms with Gasteiger partial charge in [0.2, 0.25) is 0 Å². The van der Waals surface area contributed by atoms with Crippen LogP contribution < -0.4 is 10.2 Å². The van der Waals surface area contributed by atoms with Crippen LogP contribution in [0.15, 0.2) is 12.1 Å². The van der Waals surface area contributed by atoms with E-state index in [4.69, 9.17) is 38.0 Å². The molecule has 3 nitrogen and oxygen atoms in total. The Morgan fingerprint density at radius 3 is 2.38 bits per heavy atom. The topological polar surface area (TPSA) is 49.7 Å². The van der Waals surface area contributed by atoms with Crippen LogP contribution in [-0.4, -0.2) is 24.3 Å². The molecule has 6 heteroatoms. The summed E-state index contributed by atoms with van der Waals surface area (Å²) in [5.74, 6) is 0.184. The summed E-state index contributed by atoms with van der Waals surface area (Å²) in [6.07, 6.45) is 0. The van der Waals surface area contributed by atoms with Gasteiger partial charge in [-0.05, 0) is 6.07 Å². The first-order valence-electron chi connectivity index (χ1n) is 3.46. The van der Waals surface area contributed by atoms with Gasteiger partial charge in [0.05, 0.1) is 12.1 Å². The van der Waals surface area contributed by atoms with Crippen molar-refractivity contribution in [3.8, 4) is 5.75 Å². The molecule has 0 saturated heterocycles. The lowest BCUT2D eigenvalue weighted by molar-refractivity contribution is 0.403. The summed E-state index contributed by atoms with van der Waals surface area (Å²) in [4.78, 5) is 0. The van der Waals surface area contributed by atoms with Crippen LogP contribution in [-0.2, 0) is 0 Å². The van der Waals surface area contributed by atoms with Gasteiger partial charge in [-0.2, -0.15) is 0 Å². The standard InChI is InChI=1S/C7H7BCl2O3/c1-13-7-4(8(11)12)2-3-5(9)6(7)10/h2-3,11-12H,1H3. The van der Waals surface area contributed by atoms with Crippen molar-refractivity contribution in [2.24, 2.45) is 0 Å². The van der Waals surface area contributed by atoms with Crippen LogP contribution in [0.5, 0.6) is 5.75 Å². The predicted octanol–water partition coefficient (Wildman–Crippen LogP) is 0.682. The maximum absolute atomic E-state index is 8.92. The van der Waals surface area contributed by atoms with E-state index in [0.29, 0.717) is 5.02 Å². The second kappa shape index (κ2) is 4.20. The van der Waals surface area contributed by atoms with Crippen LogP contribution in [0.2, 0.25) is 10.0 Å². The summed E-state index contributed by atoms with van der Waals surface area (Å²) in [6.45, 7) is 0. The zero-order chi connectivity index (χ0) is 10.0. The monoisotopic (exact) mass is 220 g/mol. The van der Waals surface area contributed by atoms with Crippen molar-refractivity contribution < 1.29 is 14.8 Å². The van der Waals surface area contributed by atoms with Gasteiger partial charge in [-0.3, -0.25) is 0 Å². The zero-order valence-electron chi connectivity index (χ0n) is 6.79. The molecule has 0 aromatic heterocycles. The van der Waals surface area contributed by atoms with Crippen molar-refractivity contribution in [2.45, 2.75) is 0 Å². The molecule has 0 amide bonds. The molecule has 1 aromatic rings. The minimum absolute atomic E-state index is 0.176. The molecule has 0 fully saturated rings. The van der Waals surface area contributed by atoms with Crippen LogP contribution in [0.1, 0.15) is 0 Å². The molecule has 13 heavy (non-hydrogen) atoms. The van der Waals surface area contributed by atoms with Crippen molar-refractivity contribution in [3.63, 3.8) is 0 Å². The average Bonchev–Trinajstić information content (AvgIpc) is 2.09. The molecule has 0 spiro atoms.